The van der Waals surface area contributed by atoms with Crippen molar-refractivity contribution in [3.8, 4) is 0 Å². The van der Waals surface area contributed by atoms with Crippen molar-refractivity contribution < 1.29 is 5.11 Å². The molecule has 0 radical (unpaired) electrons. The number of thiocarbonyl (C=S) groups is 1. The monoisotopic (exact) mass is 344 g/mol. The van der Waals surface area contributed by atoms with Crippen LogP contribution in [-0.2, 0) is 0 Å². The molecule has 0 unspecified atom stereocenters. The van der Waals surface area contributed by atoms with E-state index in [9.17, 15) is 5.11 Å². The lowest BCUT2D eigenvalue weighted by atomic mass is 10.1. The van der Waals surface area contributed by atoms with Crippen LogP contribution in [0.1, 0.15) is 32.3 Å². The molecule has 0 spiro atoms. The van der Waals surface area contributed by atoms with E-state index in [-0.39, 0.29) is 6.61 Å². The minimum absolute atomic E-state index is 0.111. The fraction of sp³-hybridized carbons (Fsp3) is 0.500. The van der Waals surface area contributed by atoms with E-state index in [4.69, 9.17) is 18.0 Å². The number of anilines is 1. The molecule has 0 heterocycles. The average molecular weight is 345 g/mol. The van der Waals surface area contributed by atoms with Crippen molar-refractivity contribution in [2.24, 2.45) is 5.73 Å². The number of hydrogen-bond acceptors (Lipinski definition) is 3. The molecular weight excluding hydrogens is 324 g/mol. The van der Waals surface area contributed by atoms with Crippen molar-refractivity contribution in [2.45, 2.75) is 32.7 Å². The first-order chi connectivity index (χ1) is 9.04. The summed E-state index contributed by atoms with van der Waals surface area (Å²) in [5.74, 6) is 0. The summed E-state index contributed by atoms with van der Waals surface area (Å²) in [5, 5.41) is 9.32. The highest BCUT2D eigenvalue weighted by atomic mass is 79.9. The van der Waals surface area contributed by atoms with Gasteiger partial charge in [-0.2, -0.15) is 0 Å². The third-order valence-corrected chi connectivity index (χ3v) is 3.97. The highest BCUT2D eigenvalue weighted by molar-refractivity contribution is 9.10. The van der Waals surface area contributed by atoms with Crippen LogP contribution in [0.2, 0.25) is 0 Å². The summed E-state index contributed by atoms with van der Waals surface area (Å²) >= 11 is 8.61. The molecule has 0 amide bonds. The standard InChI is InChI=1S/C14H21BrN2OS/c1-3-11(4-2)17(7-8-18)13-9-10(15)5-6-12(13)14(16)19/h5-6,9,11,18H,3-4,7-8H2,1-2H3,(H2,16,19). The minimum atomic E-state index is 0.111. The van der Waals surface area contributed by atoms with Crippen LogP contribution >= 0.6 is 28.1 Å². The van der Waals surface area contributed by atoms with E-state index in [0.29, 0.717) is 17.6 Å². The summed E-state index contributed by atoms with van der Waals surface area (Å²) in [6.45, 7) is 4.99. The van der Waals surface area contributed by atoms with Crippen LogP contribution in [0.15, 0.2) is 22.7 Å². The van der Waals surface area contributed by atoms with Crippen molar-refractivity contribution in [1.29, 1.82) is 0 Å². The molecule has 0 fully saturated rings. The van der Waals surface area contributed by atoms with Gasteiger partial charge in [0.15, 0.2) is 0 Å². The van der Waals surface area contributed by atoms with Crippen molar-refractivity contribution in [1.82, 2.24) is 0 Å². The van der Waals surface area contributed by atoms with Crippen molar-refractivity contribution in [2.75, 3.05) is 18.1 Å². The van der Waals surface area contributed by atoms with E-state index in [0.717, 1.165) is 28.6 Å². The summed E-state index contributed by atoms with van der Waals surface area (Å²) in [5.41, 5.74) is 7.66. The number of aliphatic hydroxyl groups excluding tert-OH is 1. The maximum atomic E-state index is 9.32. The number of nitrogens with two attached hydrogens (primary N) is 1. The Morgan fingerprint density at radius 2 is 2.05 bits per heavy atom. The number of hydrogen-bond donors (Lipinski definition) is 2. The van der Waals surface area contributed by atoms with Gasteiger partial charge in [0.25, 0.3) is 0 Å². The second-order valence-electron chi connectivity index (χ2n) is 4.41. The van der Waals surface area contributed by atoms with Crippen molar-refractivity contribution in [3.05, 3.63) is 28.2 Å². The fourth-order valence-electron chi connectivity index (χ4n) is 2.29. The van der Waals surface area contributed by atoms with Crippen LogP contribution < -0.4 is 10.6 Å². The summed E-state index contributed by atoms with van der Waals surface area (Å²) in [6, 6.07) is 6.24. The molecule has 1 rings (SSSR count). The Labute approximate surface area is 128 Å². The molecule has 3 nitrogen and oxygen atoms in total. The Morgan fingerprint density at radius 3 is 2.53 bits per heavy atom. The van der Waals surface area contributed by atoms with E-state index in [2.05, 4.69) is 34.7 Å². The predicted octanol–water partition coefficient (Wildman–Crippen LogP) is 3.07. The third-order valence-electron chi connectivity index (χ3n) is 3.26. The minimum Gasteiger partial charge on any atom is -0.395 e. The molecule has 0 aliphatic heterocycles. The third kappa shape index (κ3) is 4.16. The van der Waals surface area contributed by atoms with Gasteiger partial charge < -0.3 is 15.7 Å². The van der Waals surface area contributed by atoms with Crippen LogP contribution in [-0.4, -0.2) is 29.3 Å². The van der Waals surface area contributed by atoms with E-state index in [1.165, 1.54) is 0 Å². The van der Waals surface area contributed by atoms with Gasteiger partial charge in [-0.15, -0.1) is 0 Å². The normalized spacial score (nSPS) is 10.8. The zero-order valence-electron chi connectivity index (χ0n) is 11.4. The molecule has 0 aromatic heterocycles. The number of nitrogens with zero attached hydrogens (tertiary/aromatic N) is 1. The number of halogens is 1. The number of aliphatic hydroxyl groups is 1. The van der Waals surface area contributed by atoms with Gasteiger partial charge in [0.05, 0.1) is 6.61 Å². The van der Waals surface area contributed by atoms with Crippen molar-refractivity contribution in [3.63, 3.8) is 0 Å². The molecule has 106 valence electrons. The fourth-order valence-corrected chi connectivity index (χ4v) is 2.81. The Kier molecular flexibility index (Phi) is 6.75. The molecule has 5 heteroatoms. The Morgan fingerprint density at radius 1 is 1.42 bits per heavy atom. The largest absolute Gasteiger partial charge is 0.395 e. The van der Waals surface area contributed by atoms with Crippen LogP contribution in [0.5, 0.6) is 0 Å². The van der Waals surface area contributed by atoms with E-state index in [1.54, 1.807) is 0 Å². The predicted molar refractivity (Wildman–Crippen MR) is 88.8 cm³/mol. The zero-order chi connectivity index (χ0) is 14.4. The Hall–Kier alpha value is -0.650. The second-order valence-corrected chi connectivity index (χ2v) is 5.77. The summed E-state index contributed by atoms with van der Waals surface area (Å²) in [7, 11) is 0. The van der Waals surface area contributed by atoms with E-state index >= 15 is 0 Å². The quantitative estimate of drug-likeness (QED) is 0.746. The van der Waals surface area contributed by atoms with Gasteiger partial charge in [-0.3, -0.25) is 0 Å². The maximum Gasteiger partial charge on any atom is 0.106 e. The highest BCUT2D eigenvalue weighted by Crippen LogP contribution is 2.28. The Bertz CT molecular complexity index is 435. The van der Waals surface area contributed by atoms with Crippen LogP contribution in [0.3, 0.4) is 0 Å². The topological polar surface area (TPSA) is 49.5 Å². The summed E-state index contributed by atoms with van der Waals surface area (Å²) in [6.07, 6.45) is 2.03. The molecule has 0 aliphatic rings. The van der Waals surface area contributed by atoms with Crippen LogP contribution in [0, 0.1) is 0 Å². The molecule has 19 heavy (non-hydrogen) atoms. The van der Waals surface area contributed by atoms with Gasteiger partial charge in [-0.25, -0.2) is 0 Å². The maximum absolute atomic E-state index is 9.32. The highest BCUT2D eigenvalue weighted by Gasteiger charge is 2.19. The lowest BCUT2D eigenvalue weighted by molar-refractivity contribution is 0.296. The molecule has 3 N–H and O–H groups in total. The van der Waals surface area contributed by atoms with Gasteiger partial charge in [-0.05, 0) is 31.0 Å². The molecular formula is C14H21BrN2OS. The van der Waals surface area contributed by atoms with Gasteiger partial charge in [0.1, 0.15) is 4.99 Å². The van der Waals surface area contributed by atoms with Gasteiger partial charge in [0, 0.05) is 28.3 Å². The van der Waals surface area contributed by atoms with E-state index in [1.807, 2.05) is 18.2 Å². The first kappa shape index (κ1) is 16.4. The zero-order valence-corrected chi connectivity index (χ0v) is 13.8. The molecule has 0 aliphatic carbocycles. The Balaban J connectivity index is 3.27. The first-order valence-electron chi connectivity index (χ1n) is 6.51. The van der Waals surface area contributed by atoms with Crippen LogP contribution in [0.4, 0.5) is 5.69 Å². The number of benzene rings is 1. The summed E-state index contributed by atoms with van der Waals surface area (Å²) < 4.78 is 0.983. The van der Waals surface area contributed by atoms with Crippen LogP contribution in [0.25, 0.3) is 0 Å². The van der Waals surface area contributed by atoms with Crippen molar-refractivity contribution >= 4 is 38.8 Å². The van der Waals surface area contributed by atoms with Gasteiger partial charge in [0.2, 0.25) is 0 Å². The lowest BCUT2D eigenvalue weighted by Gasteiger charge is -2.33. The second kappa shape index (κ2) is 7.82. The molecule has 0 saturated carbocycles. The first-order valence-corrected chi connectivity index (χ1v) is 7.72. The van der Waals surface area contributed by atoms with E-state index < -0.39 is 0 Å². The number of rotatable bonds is 7. The lowest BCUT2D eigenvalue weighted by Crippen LogP contribution is -2.38. The molecule has 0 bridgehead atoms. The van der Waals surface area contributed by atoms with Gasteiger partial charge in [-0.1, -0.05) is 42.0 Å². The molecule has 1 aromatic carbocycles. The van der Waals surface area contributed by atoms with Gasteiger partial charge >= 0.3 is 0 Å². The average Bonchev–Trinajstić information content (AvgIpc) is 2.38. The molecule has 0 saturated heterocycles. The smallest absolute Gasteiger partial charge is 0.106 e. The SMILES string of the molecule is CCC(CC)N(CCO)c1cc(Br)ccc1C(N)=S. The summed E-state index contributed by atoms with van der Waals surface area (Å²) in [4.78, 5) is 2.58. The molecule has 0 atom stereocenters. The molecule has 1 aromatic rings.